The zero-order chi connectivity index (χ0) is 26.5. The van der Waals surface area contributed by atoms with Crippen molar-refractivity contribution in [3.05, 3.63) is 48.3 Å². The van der Waals surface area contributed by atoms with Crippen molar-refractivity contribution < 1.29 is 21.1 Å². The van der Waals surface area contributed by atoms with Crippen LogP contribution in [0.3, 0.4) is 0 Å². The Hall–Kier alpha value is -3.29. The van der Waals surface area contributed by atoms with Gasteiger partial charge in [-0.05, 0) is 26.0 Å². The number of pyridine rings is 1. The molecule has 0 fully saturated rings. The monoisotopic (exact) mass is 532 g/mol. The minimum absolute atomic E-state index is 0.0201. The summed E-state index contributed by atoms with van der Waals surface area (Å²) in [5.41, 5.74) is 4.72. The largest absolute Gasteiger partial charge is 0.340 e. The minimum atomic E-state index is -4.01. The van der Waals surface area contributed by atoms with Crippen molar-refractivity contribution >= 4 is 37.3 Å². The Bertz CT molecular complexity index is 1630. The fraction of sp³-hybridized carbons (Fsp3) is 0.348. The number of benzene rings is 1. The van der Waals surface area contributed by atoms with Crippen molar-refractivity contribution in [1.82, 2.24) is 23.9 Å². The van der Waals surface area contributed by atoms with Crippen LogP contribution in [0.15, 0.2) is 42.5 Å². The molecular formula is C23H28N6O5S2. The van der Waals surface area contributed by atoms with E-state index >= 15 is 0 Å². The summed E-state index contributed by atoms with van der Waals surface area (Å²) in [6.07, 6.45) is 0.830. The van der Waals surface area contributed by atoms with E-state index in [1.807, 2.05) is 51.1 Å². The van der Waals surface area contributed by atoms with E-state index in [9.17, 15) is 16.8 Å². The van der Waals surface area contributed by atoms with Crippen molar-refractivity contribution in [3.8, 4) is 22.6 Å². The highest BCUT2D eigenvalue weighted by Gasteiger charge is 2.29. The molecule has 0 aliphatic heterocycles. The maximum absolute atomic E-state index is 13.2. The van der Waals surface area contributed by atoms with E-state index in [-0.39, 0.29) is 22.5 Å². The number of H-pyrrole nitrogens is 1. The van der Waals surface area contributed by atoms with Gasteiger partial charge in [-0.1, -0.05) is 51.1 Å². The SMILES string of the molecule is CC(C)S(=O)(=O)n1c(NOS(C)(=O)=O)nc2ccc(-c3[nH]c(C(C)(C)C)nc3-c3ccccc3)nc21. The number of hydrogen-bond acceptors (Lipinski definition) is 9. The Morgan fingerprint density at radius 3 is 2.22 bits per heavy atom. The Morgan fingerprint density at radius 2 is 1.64 bits per heavy atom. The van der Waals surface area contributed by atoms with Gasteiger partial charge in [0.25, 0.3) is 10.1 Å². The van der Waals surface area contributed by atoms with Crippen LogP contribution >= 0.6 is 0 Å². The molecule has 4 aromatic rings. The summed E-state index contributed by atoms with van der Waals surface area (Å²) in [7, 11) is -7.94. The van der Waals surface area contributed by atoms with Crippen LogP contribution in [-0.4, -0.2) is 52.2 Å². The third-order valence-corrected chi connectivity index (χ3v) is 7.75. The molecule has 0 bridgehead atoms. The first-order valence-electron chi connectivity index (χ1n) is 11.1. The molecule has 36 heavy (non-hydrogen) atoms. The third kappa shape index (κ3) is 4.99. The molecule has 3 heterocycles. The van der Waals surface area contributed by atoms with Crippen LogP contribution in [0, 0.1) is 0 Å². The van der Waals surface area contributed by atoms with Crippen LogP contribution in [0.1, 0.15) is 40.4 Å². The molecule has 4 rings (SSSR count). The minimum Gasteiger partial charge on any atom is -0.340 e. The second-order valence-electron chi connectivity index (χ2n) is 9.65. The van der Waals surface area contributed by atoms with Crippen LogP contribution in [0.5, 0.6) is 0 Å². The molecular weight excluding hydrogens is 504 g/mol. The Labute approximate surface area is 210 Å². The number of nitrogens with zero attached hydrogens (tertiary/aromatic N) is 4. The summed E-state index contributed by atoms with van der Waals surface area (Å²) in [6.45, 7) is 9.11. The summed E-state index contributed by atoms with van der Waals surface area (Å²) in [6, 6.07) is 12.9. The van der Waals surface area contributed by atoms with Gasteiger partial charge in [0.15, 0.2) is 5.65 Å². The van der Waals surface area contributed by atoms with Gasteiger partial charge in [0, 0.05) is 11.0 Å². The lowest BCUT2D eigenvalue weighted by Gasteiger charge is -2.14. The highest BCUT2D eigenvalue weighted by Crippen LogP contribution is 2.34. The van der Waals surface area contributed by atoms with E-state index in [1.54, 1.807) is 12.1 Å². The van der Waals surface area contributed by atoms with Crippen molar-refractivity contribution in [3.63, 3.8) is 0 Å². The quantitative estimate of drug-likeness (QED) is 0.340. The summed E-state index contributed by atoms with van der Waals surface area (Å²) in [5.74, 6) is 0.419. The normalized spacial score (nSPS) is 13.0. The second kappa shape index (κ2) is 8.98. The van der Waals surface area contributed by atoms with E-state index in [0.717, 1.165) is 21.6 Å². The van der Waals surface area contributed by atoms with Gasteiger partial charge in [-0.15, -0.1) is 4.28 Å². The van der Waals surface area contributed by atoms with E-state index in [2.05, 4.69) is 24.7 Å². The molecule has 0 aliphatic carbocycles. The van der Waals surface area contributed by atoms with Crippen LogP contribution in [0.25, 0.3) is 33.8 Å². The lowest BCUT2D eigenvalue weighted by Crippen LogP contribution is -2.25. The molecule has 3 aromatic heterocycles. The average molecular weight is 533 g/mol. The Balaban J connectivity index is 1.97. The smallest absolute Gasteiger partial charge is 0.285 e. The highest BCUT2D eigenvalue weighted by atomic mass is 32.2. The van der Waals surface area contributed by atoms with Gasteiger partial charge in [-0.3, -0.25) is 0 Å². The first-order chi connectivity index (χ1) is 16.7. The Kier molecular flexibility index (Phi) is 6.43. The number of fused-ring (bicyclic) bond motifs is 1. The molecule has 0 radical (unpaired) electrons. The highest BCUT2D eigenvalue weighted by molar-refractivity contribution is 7.90. The van der Waals surface area contributed by atoms with Gasteiger partial charge >= 0.3 is 0 Å². The van der Waals surface area contributed by atoms with E-state index in [4.69, 9.17) is 4.98 Å². The number of hydrogen-bond donors (Lipinski definition) is 2. The zero-order valence-corrected chi connectivity index (χ0v) is 22.4. The zero-order valence-electron chi connectivity index (χ0n) is 20.8. The van der Waals surface area contributed by atoms with Crippen molar-refractivity contribution in [2.75, 3.05) is 11.7 Å². The molecule has 1 aromatic carbocycles. The van der Waals surface area contributed by atoms with Crippen LogP contribution in [-0.2, 0) is 29.8 Å². The van der Waals surface area contributed by atoms with Gasteiger partial charge in [-0.2, -0.15) is 12.4 Å². The van der Waals surface area contributed by atoms with Crippen LogP contribution in [0.2, 0.25) is 0 Å². The van der Waals surface area contributed by atoms with E-state index in [1.165, 1.54) is 13.8 Å². The maximum Gasteiger partial charge on any atom is 0.285 e. The lowest BCUT2D eigenvalue weighted by atomic mass is 9.96. The number of imidazole rings is 2. The van der Waals surface area contributed by atoms with E-state index < -0.39 is 25.4 Å². The van der Waals surface area contributed by atoms with Crippen LogP contribution in [0.4, 0.5) is 5.95 Å². The molecule has 0 aliphatic rings. The van der Waals surface area contributed by atoms with Gasteiger partial charge in [0.1, 0.15) is 11.3 Å². The van der Waals surface area contributed by atoms with Crippen LogP contribution < -0.4 is 5.48 Å². The number of aromatic nitrogens is 5. The van der Waals surface area contributed by atoms with E-state index in [0.29, 0.717) is 17.1 Å². The van der Waals surface area contributed by atoms with Crippen molar-refractivity contribution in [1.29, 1.82) is 0 Å². The van der Waals surface area contributed by atoms with Gasteiger partial charge in [-0.25, -0.2) is 28.8 Å². The molecule has 0 atom stereocenters. The fourth-order valence-electron chi connectivity index (χ4n) is 3.42. The first kappa shape index (κ1) is 25.8. The fourth-order valence-corrected chi connectivity index (χ4v) is 4.77. The molecule has 2 N–H and O–H groups in total. The third-order valence-electron chi connectivity index (χ3n) is 5.32. The van der Waals surface area contributed by atoms with Gasteiger partial charge < -0.3 is 4.98 Å². The van der Waals surface area contributed by atoms with Gasteiger partial charge in [0.2, 0.25) is 16.0 Å². The number of aromatic amines is 1. The molecule has 192 valence electrons. The predicted octanol–water partition coefficient (Wildman–Crippen LogP) is 3.68. The molecule has 13 heteroatoms. The Morgan fingerprint density at radius 1 is 0.972 bits per heavy atom. The first-order valence-corrected chi connectivity index (χ1v) is 14.4. The molecule has 0 unspecified atom stereocenters. The second-order valence-corrected chi connectivity index (χ2v) is 13.6. The standard InChI is InChI=1S/C23H28N6O5S2/c1-14(2)36(32,33)29-20-17(25-22(29)28-34-35(6,30)31)13-12-16(24-20)19-18(15-10-8-7-9-11-15)26-21(27-19)23(3,4)5/h7-14H,1-6H3,(H,25,28)(H,26,27). The van der Waals surface area contributed by atoms with Gasteiger partial charge in [0.05, 0.1) is 28.6 Å². The molecule has 0 saturated heterocycles. The average Bonchev–Trinajstić information content (AvgIpc) is 3.39. The molecule has 0 spiro atoms. The summed E-state index contributed by atoms with van der Waals surface area (Å²) in [5, 5.41) is -0.848. The van der Waals surface area contributed by atoms with Crippen molar-refractivity contribution in [2.24, 2.45) is 0 Å². The summed E-state index contributed by atoms with van der Waals surface area (Å²) < 4.78 is 55.0. The summed E-state index contributed by atoms with van der Waals surface area (Å²) in [4.78, 5) is 17.1. The topological polar surface area (TPSA) is 149 Å². The lowest BCUT2D eigenvalue weighted by molar-refractivity contribution is 0.391. The van der Waals surface area contributed by atoms with Crippen molar-refractivity contribution in [2.45, 2.75) is 45.3 Å². The molecule has 0 saturated carbocycles. The summed E-state index contributed by atoms with van der Waals surface area (Å²) >= 11 is 0. The number of rotatable bonds is 7. The molecule has 11 nitrogen and oxygen atoms in total. The number of nitrogens with one attached hydrogen (secondary N) is 2. The maximum atomic E-state index is 13.2. The molecule has 0 amide bonds. The number of anilines is 1. The predicted molar refractivity (Wildman–Crippen MR) is 138 cm³/mol.